The highest BCUT2D eigenvalue weighted by atomic mass is 32.2. The van der Waals surface area contributed by atoms with Crippen LogP contribution in [0.5, 0.6) is 0 Å². The SMILES string of the molecule is Cc1ccc(C)c(S(=O)(=O)NCc2sc(-c3ccco3)nc2C)c1. The van der Waals surface area contributed by atoms with Gasteiger partial charge in [-0.05, 0) is 50.1 Å². The molecule has 3 aromatic rings. The minimum atomic E-state index is -3.57. The van der Waals surface area contributed by atoms with Crippen molar-refractivity contribution >= 4 is 21.4 Å². The molecule has 0 amide bonds. The Kier molecular flexibility index (Phi) is 4.58. The molecule has 7 heteroatoms. The fourth-order valence-corrected chi connectivity index (χ4v) is 4.72. The zero-order valence-electron chi connectivity index (χ0n) is 13.7. The second kappa shape index (κ2) is 6.51. The van der Waals surface area contributed by atoms with Crippen LogP contribution in [0.3, 0.4) is 0 Å². The van der Waals surface area contributed by atoms with Crippen LogP contribution in [-0.4, -0.2) is 13.4 Å². The van der Waals surface area contributed by atoms with Gasteiger partial charge in [-0.2, -0.15) is 0 Å². The maximum Gasteiger partial charge on any atom is 0.241 e. The van der Waals surface area contributed by atoms with Crippen molar-refractivity contribution in [3.8, 4) is 10.8 Å². The molecular formula is C17H18N2O3S2. The average molecular weight is 362 g/mol. The van der Waals surface area contributed by atoms with Gasteiger partial charge in [-0.3, -0.25) is 0 Å². The van der Waals surface area contributed by atoms with Crippen molar-refractivity contribution in [2.24, 2.45) is 0 Å². The van der Waals surface area contributed by atoms with Crippen LogP contribution < -0.4 is 4.72 Å². The second-order valence-corrected chi connectivity index (χ2v) is 8.42. The fraction of sp³-hybridized carbons (Fsp3) is 0.235. The maximum absolute atomic E-state index is 12.6. The number of furan rings is 1. The molecule has 1 aromatic carbocycles. The van der Waals surface area contributed by atoms with Crippen molar-refractivity contribution in [2.75, 3.05) is 0 Å². The molecule has 0 atom stereocenters. The Bertz CT molecular complexity index is 958. The molecule has 2 aromatic heterocycles. The molecule has 0 radical (unpaired) electrons. The number of benzene rings is 1. The summed E-state index contributed by atoms with van der Waals surface area (Å²) in [6.45, 7) is 5.74. The molecule has 3 rings (SSSR count). The van der Waals surface area contributed by atoms with Crippen molar-refractivity contribution < 1.29 is 12.8 Å². The number of nitrogens with one attached hydrogen (secondary N) is 1. The van der Waals surface area contributed by atoms with Crippen LogP contribution in [0.25, 0.3) is 10.8 Å². The van der Waals surface area contributed by atoms with Gasteiger partial charge in [-0.1, -0.05) is 12.1 Å². The van der Waals surface area contributed by atoms with E-state index in [4.69, 9.17) is 4.42 Å². The maximum atomic E-state index is 12.6. The Hall–Kier alpha value is -1.96. The second-order valence-electron chi connectivity index (χ2n) is 5.60. The molecule has 5 nitrogen and oxygen atoms in total. The van der Waals surface area contributed by atoms with Crippen LogP contribution in [-0.2, 0) is 16.6 Å². The van der Waals surface area contributed by atoms with E-state index in [1.807, 2.05) is 32.0 Å². The smallest absolute Gasteiger partial charge is 0.241 e. The van der Waals surface area contributed by atoms with E-state index in [0.29, 0.717) is 10.7 Å². The van der Waals surface area contributed by atoms with Crippen molar-refractivity contribution in [2.45, 2.75) is 32.2 Å². The molecule has 1 N–H and O–H groups in total. The predicted octanol–water partition coefficient (Wildman–Crippen LogP) is 3.81. The lowest BCUT2D eigenvalue weighted by atomic mass is 10.2. The molecule has 0 saturated carbocycles. The van der Waals surface area contributed by atoms with E-state index >= 15 is 0 Å². The van der Waals surface area contributed by atoms with E-state index in [9.17, 15) is 8.42 Å². The third-order valence-electron chi connectivity index (χ3n) is 3.68. The van der Waals surface area contributed by atoms with Crippen molar-refractivity contribution in [1.82, 2.24) is 9.71 Å². The van der Waals surface area contributed by atoms with Crippen LogP contribution in [0, 0.1) is 20.8 Å². The van der Waals surface area contributed by atoms with E-state index in [0.717, 1.165) is 26.7 Å². The van der Waals surface area contributed by atoms with Gasteiger partial charge in [0.2, 0.25) is 10.0 Å². The summed E-state index contributed by atoms with van der Waals surface area (Å²) >= 11 is 1.43. The average Bonchev–Trinajstić information content (AvgIpc) is 3.17. The van der Waals surface area contributed by atoms with Crippen LogP contribution in [0.4, 0.5) is 0 Å². The Balaban J connectivity index is 1.81. The lowest BCUT2D eigenvalue weighted by molar-refractivity contribution is 0.580. The van der Waals surface area contributed by atoms with Gasteiger partial charge in [0.1, 0.15) is 0 Å². The highest BCUT2D eigenvalue weighted by molar-refractivity contribution is 7.89. The van der Waals surface area contributed by atoms with Gasteiger partial charge in [0.15, 0.2) is 10.8 Å². The molecule has 0 aliphatic rings. The molecule has 2 heterocycles. The number of hydrogen-bond acceptors (Lipinski definition) is 5. The van der Waals surface area contributed by atoms with Crippen LogP contribution in [0.1, 0.15) is 21.7 Å². The third-order valence-corrected chi connectivity index (χ3v) is 6.40. The zero-order valence-corrected chi connectivity index (χ0v) is 15.3. The number of nitrogens with zero attached hydrogens (tertiary/aromatic N) is 1. The summed E-state index contributed by atoms with van der Waals surface area (Å²) in [6.07, 6.45) is 1.59. The summed E-state index contributed by atoms with van der Waals surface area (Å²) in [6, 6.07) is 9.04. The first kappa shape index (κ1) is 16.9. The molecule has 0 saturated heterocycles. The first-order valence-corrected chi connectivity index (χ1v) is 9.74. The summed E-state index contributed by atoms with van der Waals surface area (Å²) < 4.78 is 33.2. The Morgan fingerprint density at radius 1 is 1.21 bits per heavy atom. The summed E-state index contributed by atoms with van der Waals surface area (Å²) in [5.74, 6) is 0.687. The normalized spacial score (nSPS) is 11.8. The topological polar surface area (TPSA) is 72.2 Å². The number of hydrogen-bond donors (Lipinski definition) is 1. The van der Waals surface area contributed by atoms with Gasteiger partial charge in [0.25, 0.3) is 0 Å². The lowest BCUT2D eigenvalue weighted by Crippen LogP contribution is -2.24. The number of aryl methyl sites for hydroxylation is 3. The summed E-state index contributed by atoms with van der Waals surface area (Å²) in [5.41, 5.74) is 2.44. The predicted molar refractivity (Wildman–Crippen MR) is 94.5 cm³/mol. The zero-order chi connectivity index (χ0) is 17.3. The minimum absolute atomic E-state index is 0.208. The van der Waals surface area contributed by atoms with Crippen LogP contribution in [0.15, 0.2) is 45.9 Å². The molecule has 0 spiro atoms. The Morgan fingerprint density at radius 2 is 2.00 bits per heavy atom. The van der Waals surface area contributed by atoms with Gasteiger partial charge in [0.05, 0.1) is 16.9 Å². The number of thiazole rings is 1. The summed E-state index contributed by atoms with van der Waals surface area (Å²) in [7, 11) is -3.57. The van der Waals surface area contributed by atoms with Crippen molar-refractivity contribution in [1.29, 1.82) is 0 Å². The van der Waals surface area contributed by atoms with Crippen LogP contribution >= 0.6 is 11.3 Å². The van der Waals surface area contributed by atoms with Crippen LogP contribution in [0.2, 0.25) is 0 Å². The molecular weight excluding hydrogens is 344 g/mol. The standard InChI is InChI=1S/C17H18N2O3S2/c1-11-6-7-12(2)16(9-11)24(20,21)18-10-15-13(3)19-17(23-15)14-5-4-8-22-14/h4-9,18H,10H2,1-3H3. The van der Waals surface area contributed by atoms with Gasteiger partial charge < -0.3 is 4.42 Å². The van der Waals surface area contributed by atoms with E-state index in [2.05, 4.69) is 9.71 Å². The Morgan fingerprint density at radius 3 is 2.71 bits per heavy atom. The summed E-state index contributed by atoms with van der Waals surface area (Å²) in [5, 5.41) is 0.749. The van der Waals surface area contributed by atoms with Crippen molar-refractivity contribution in [3.05, 3.63) is 58.3 Å². The minimum Gasteiger partial charge on any atom is -0.462 e. The number of rotatable bonds is 5. The van der Waals surface area contributed by atoms with E-state index in [-0.39, 0.29) is 6.54 Å². The summed E-state index contributed by atoms with van der Waals surface area (Å²) in [4.78, 5) is 5.63. The molecule has 0 aliphatic carbocycles. The molecule has 24 heavy (non-hydrogen) atoms. The molecule has 0 unspecified atom stereocenters. The number of aromatic nitrogens is 1. The van der Waals surface area contributed by atoms with E-state index in [1.165, 1.54) is 11.3 Å². The first-order chi connectivity index (χ1) is 11.4. The lowest BCUT2D eigenvalue weighted by Gasteiger charge is -2.09. The highest BCUT2D eigenvalue weighted by Gasteiger charge is 2.19. The molecule has 0 fully saturated rings. The van der Waals surface area contributed by atoms with E-state index in [1.54, 1.807) is 25.3 Å². The third kappa shape index (κ3) is 3.43. The molecule has 126 valence electrons. The highest BCUT2D eigenvalue weighted by Crippen LogP contribution is 2.28. The van der Waals surface area contributed by atoms with E-state index < -0.39 is 10.0 Å². The fourth-order valence-electron chi connectivity index (χ4n) is 2.33. The molecule has 0 aliphatic heterocycles. The molecule has 0 bridgehead atoms. The van der Waals surface area contributed by atoms with Gasteiger partial charge in [-0.15, -0.1) is 11.3 Å². The largest absolute Gasteiger partial charge is 0.462 e. The van der Waals surface area contributed by atoms with Gasteiger partial charge >= 0.3 is 0 Å². The van der Waals surface area contributed by atoms with Gasteiger partial charge in [0, 0.05) is 11.4 Å². The first-order valence-electron chi connectivity index (χ1n) is 7.44. The number of sulfonamides is 1. The van der Waals surface area contributed by atoms with Gasteiger partial charge in [-0.25, -0.2) is 18.1 Å². The monoisotopic (exact) mass is 362 g/mol. The Labute approximate surface area is 145 Å². The quantitative estimate of drug-likeness (QED) is 0.749. The van der Waals surface area contributed by atoms with Crippen molar-refractivity contribution in [3.63, 3.8) is 0 Å².